The average molecular weight is 519 g/mol. The van der Waals surface area contributed by atoms with Gasteiger partial charge in [0.2, 0.25) is 5.91 Å². The highest BCUT2D eigenvalue weighted by molar-refractivity contribution is 5.94. The number of benzene rings is 2. The number of hydrogen-bond acceptors (Lipinski definition) is 6. The van der Waals surface area contributed by atoms with E-state index in [9.17, 15) is 9.59 Å². The van der Waals surface area contributed by atoms with Crippen molar-refractivity contribution < 1.29 is 19.5 Å². The second-order valence-corrected chi connectivity index (χ2v) is 10.3. The third-order valence-electron chi connectivity index (χ3n) is 7.65. The van der Waals surface area contributed by atoms with Crippen molar-refractivity contribution in [1.29, 1.82) is 0 Å². The Kier molecular flexibility index (Phi) is 8.97. The van der Waals surface area contributed by atoms with Crippen molar-refractivity contribution in [2.45, 2.75) is 71.4 Å². The minimum atomic E-state index is -0.358. The Morgan fingerprint density at radius 2 is 1.92 bits per heavy atom. The normalized spacial score (nSPS) is 19.7. The zero-order chi connectivity index (χ0) is 27.1. The number of rotatable bonds is 10. The van der Waals surface area contributed by atoms with Crippen LogP contribution in [0, 0.1) is 12.8 Å². The Balaban J connectivity index is 1.41. The highest BCUT2D eigenvalue weighted by Gasteiger charge is 2.41. The summed E-state index contributed by atoms with van der Waals surface area (Å²) in [6, 6.07) is 17.3. The molecule has 8 heteroatoms. The number of aryl methyl sites for hydroxylation is 1. The molecule has 1 unspecified atom stereocenters. The van der Waals surface area contributed by atoms with Crippen LogP contribution in [0.1, 0.15) is 74.0 Å². The molecule has 4 rings (SSSR count). The molecule has 3 aromatic rings. The zero-order valence-electron chi connectivity index (χ0n) is 22.5. The maximum absolute atomic E-state index is 13.2. The average Bonchev–Trinajstić information content (AvgIpc) is 2.93. The van der Waals surface area contributed by atoms with Crippen LogP contribution in [-0.4, -0.2) is 39.1 Å². The molecule has 2 atom stereocenters. The van der Waals surface area contributed by atoms with E-state index in [2.05, 4.69) is 29.3 Å². The van der Waals surface area contributed by atoms with Crippen LogP contribution < -0.4 is 15.6 Å². The van der Waals surface area contributed by atoms with E-state index in [1.165, 1.54) is 0 Å². The van der Waals surface area contributed by atoms with E-state index in [0.29, 0.717) is 30.9 Å². The molecule has 202 valence electrons. The molecule has 2 aromatic carbocycles. The number of piperidine rings is 1. The summed E-state index contributed by atoms with van der Waals surface area (Å²) in [5.41, 5.74) is 8.20. The van der Waals surface area contributed by atoms with Gasteiger partial charge in [-0.1, -0.05) is 38.5 Å². The molecule has 1 fully saturated rings. The number of hydrazine groups is 1. The molecule has 38 heavy (non-hydrogen) atoms. The number of nitrogens with one attached hydrogen (secondary N) is 2. The number of aromatic nitrogens is 1. The fourth-order valence-electron chi connectivity index (χ4n) is 5.73. The van der Waals surface area contributed by atoms with Crippen LogP contribution in [0.15, 0.2) is 54.6 Å². The highest BCUT2D eigenvalue weighted by atomic mass is 16.5. The third-order valence-corrected chi connectivity index (χ3v) is 7.65. The van der Waals surface area contributed by atoms with Gasteiger partial charge in [-0.3, -0.25) is 25.2 Å². The zero-order valence-corrected chi connectivity index (χ0v) is 22.5. The first-order valence-electron chi connectivity index (χ1n) is 13.5. The summed E-state index contributed by atoms with van der Waals surface area (Å²) in [5.74, 6) is 0.341. The van der Waals surface area contributed by atoms with Gasteiger partial charge in [0.1, 0.15) is 12.4 Å². The Bertz CT molecular complexity index is 1260. The van der Waals surface area contributed by atoms with Crippen molar-refractivity contribution in [1.82, 2.24) is 20.9 Å². The molecule has 2 heterocycles. The molecule has 1 aliphatic rings. The quantitative estimate of drug-likeness (QED) is 0.248. The van der Waals surface area contributed by atoms with Crippen LogP contribution in [0.5, 0.6) is 5.75 Å². The van der Waals surface area contributed by atoms with Crippen molar-refractivity contribution in [3.05, 3.63) is 71.4 Å². The van der Waals surface area contributed by atoms with Gasteiger partial charge in [-0.05, 0) is 74.9 Å². The lowest BCUT2D eigenvalue weighted by Crippen LogP contribution is -2.61. The SMILES string of the molecule is CCC[C@]1(CC)CC(CC(=O)NO)CCN1NC(=O)c1ccc(OCc2cc(C)nc3ccccc23)cc1. The molecular weight excluding hydrogens is 480 g/mol. The molecule has 1 saturated heterocycles. The standard InChI is InChI=1S/C30H38N4O4/c1-4-15-30(5-2)19-22(18-28(35)33-37)14-16-34(30)32-29(36)23-10-12-25(13-11-23)38-20-24-17-21(3)31-27-9-7-6-8-26(24)27/h6-13,17,22,37H,4-5,14-16,18-20H2,1-3H3,(H,32,36)(H,33,35)/t22?,30-/m1/s1. The van der Waals surface area contributed by atoms with Gasteiger partial charge in [-0.2, -0.15) is 0 Å². The smallest absolute Gasteiger partial charge is 0.265 e. The number of fused-ring (bicyclic) bond motifs is 1. The maximum Gasteiger partial charge on any atom is 0.265 e. The number of carbonyl (C=O) groups is 2. The highest BCUT2D eigenvalue weighted by Crippen LogP contribution is 2.38. The molecule has 3 N–H and O–H groups in total. The van der Waals surface area contributed by atoms with Crippen molar-refractivity contribution in [3.8, 4) is 5.75 Å². The van der Waals surface area contributed by atoms with Gasteiger partial charge in [0, 0.05) is 40.7 Å². The summed E-state index contributed by atoms with van der Waals surface area (Å²) in [7, 11) is 0. The van der Waals surface area contributed by atoms with E-state index in [1.807, 2.05) is 49.4 Å². The summed E-state index contributed by atoms with van der Waals surface area (Å²) in [5, 5.41) is 12.1. The van der Waals surface area contributed by atoms with E-state index in [0.717, 1.165) is 54.3 Å². The maximum atomic E-state index is 13.2. The molecule has 1 aliphatic heterocycles. The molecule has 8 nitrogen and oxygen atoms in total. The first kappa shape index (κ1) is 27.5. The predicted octanol–water partition coefficient (Wildman–Crippen LogP) is 5.32. The lowest BCUT2D eigenvalue weighted by molar-refractivity contribution is -0.131. The van der Waals surface area contributed by atoms with Crippen LogP contribution in [-0.2, 0) is 11.4 Å². The van der Waals surface area contributed by atoms with Gasteiger partial charge in [0.05, 0.1) is 5.52 Å². The molecular formula is C30H38N4O4. The van der Waals surface area contributed by atoms with Gasteiger partial charge >= 0.3 is 0 Å². The number of nitrogens with zero attached hydrogens (tertiary/aromatic N) is 2. The number of hydroxylamine groups is 1. The van der Waals surface area contributed by atoms with E-state index in [-0.39, 0.29) is 23.3 Å². The molecule has 0 aliphatic carbocycles. The number of carbonyl (C=O) groups excluding carboxylic acids is 2. The van der Waals surface area contributed by atoms with Crippen LogP contribution >= 0.6 is 0 Å². The summed E-state index contributed by atoms with van der Waals surface area (Å²) < 4.78 is 6.05. The first-order chi connectivity index (χ1) is 18.4. The fraction of sp³-hybridized carbons (Fsp3) is 0.433. The van der Waals surface area contributed by atoms with Gasteiger partial charge in [0.25, 0.3) is 5.91 Å². The Hall–Kier alpha value is -3.49. The number of ether oxygens (including phenoxy) is 1. The minimum Gasteiger partial charge on any atom is -0.489 e. The predicted molar refractivity (Wildman–Crippen MR) is 147 cm³/mol. The molecule has 2 amide bonds. The van der Waals surface area contributed by atoms with Crippen LogP contribution in [0.2, 0.25) is 0 Å². The van der Waals surface area contributed by atoms with Gasteiger partial charge in [-0.15, -0.1) is 0 Å². The Morgan fingerprint density at radius 3 is 2.63 bits per heavy atom. The van der Waals surface area contributed by atoms with E-state index in [4.69, 9.17) is 9.94 Å². The number of hydrogen-bond donors (Lipinski definition) is 3. The van der Waals surface area contributed by atoms with Gasteiger partial charge in [-0.25, -0.2) is 10.5 Å². The van der Waals surface area contributed by atoms with E-state index in [1.54, 1.807) is 17.6 Å². The van der Waals surface area contributed by atoms with Crippen molar-refractivity contribution >= 4 is 22.7 Å². The summed E-state index contributed by atoms with van der Waals surface area (Å²) in [4.78, 5) is 29.5. The number of para-hydroxylation sites is 1. The minimum absolute atomic E-state index is 0.159. The van der Waals surface area contributed by atoms with Crippen LogP contribution in [0.3, 0.4) is 0 Å². The largest absolute Gasteiger partial charge is 0.489 e. The van der Waals surface area contributed by atoms with E-state index < -0.39 is 0 Å². The first-order valence-corrected chi connectivity index (χ1v) is 13.5. The summed E-state index contributed by atoms with van der Waals surface area (Å²) in [6.07, 6.45) is 4.60. The molecule has 0 spiro atoms. The molecule has 0 saturated carbocycles. The second kappa shape index (κ2) is 12.4. The topological polar surface area (TPSA) is 104 Å². The van der Waals surface area contributed by atoms with Gasteiger partial charge < -0.3 is 4.74 Å². The van der Waals surface area contributed by atoms with Crippen molar-refractivity contribution in [2.75, 3.05) is 6.54 Å². The Morgan fingerprint density at radius 1 is 1.16 bits per heavy atom. The van der Waals surface area contributed by atoms with Crippen molar-refractivity contribution in [2.24, 2.45) is 5.92 Å². The van der Waals surface area contributed by atoms with E-state index >= 15 is 0 Å². The lowest BCUT2D eigenvalue weighted by Gasteiger charge is -2.49. The third kappa shape index (κ3) is 6.31. The van der Waals surface area contributed by atoms with Crippen LogP contribution in [0.25, 0.3) is 10.9 Å². The molecule has 1 aromatic heterocycles. The Labute approximate surface area is 224 Å². The number of pyridine rings is 1. The molecule has 0 radical (unpaired) electrons. The monoisotopic (exact) mass is 518 g/mol. The summed E-state index contributed by atoms with van der Waals surface area (Å²) >= 11 is 0. The summed E-state index contributed by atoms with van der Waals surface area (Å²) in [6.45, 7) is 7.31. The molecule has 0 bridgehead atoms. The van der Waals surface area contributed by atoms with Crippen molar-refractivity contribution in [3.63, 3.8) is 0 Å². The lowest BCUT2D eigenvalue weighted by atomic mass is 9.75. The second-order valence-electron chi connectivity index (χ2n) is 10.3. The number of amides is 2. The fourth-order valence-corrected chi connectivity index (χ4v) is 5.73. The van der Waals surface area contributed by atoms with Gasteiger partial charge in [0.15, 0.2) is 0 Å². The van der Waals surface area contributed by atoms with Crippen LogP contribution in [0.4, 0.5) is 0 Å².